The summed E-state index contributed by atoms with van der Waals surface area (Å²) in [5.74, 6) is 0.598. The molecular weight excluding hydrogens is 500 g/mol. The van der Waals surface area contributed by atoms with Gasteiger partial charge in [0.15, 0.2) is 5.82 Å². The Bertz CT molecular complexity index is 1250. The van der Waals surface area contributed by atoms with Crippen LogP contribution in [0, 0.1) is 13.8 Å². The maximum Gasteiger partial charge on any atom is 0.416 e. The van der Waals surface area contributed by atoms with Gasteiger partial charge in [0.25, 0.3) is 0 Å². The number of aromatic nitrogens is 2. The van der Waals surface area contributed by atoms with Crippen molar-refractivity contribution < 1.29 is 31.1 Å². The van der Waals surface area contributed by atoms with E-state index in [1.807, 2.05) is 43.0 Å². The number of anilines is 2. The van der Waals surface area contributed by atoms with Gasteiger partial charge in [0.1, 0.15) is 0 Å². The topological polar surface area (TPSA) is 61.4 Å². The summed E-state index contributed by atoms with van der Waals surface area (Å²) in [6, 6.07) is 9.89. The smallest absolute Gasteiger partial charge is 0.352 e. The summed E-state index contributed by atoms with van der Waals surface area (Å²) in [5.41, 5.74) is 0.331. The van der Waals surface area contributed by atoms with E-state index >= 15 is 0 Å². The van der Waals surface area contributed by atoms with Crippen LogP contribution in [0.2, 0.25) is 0 Å². The van der Waals surface area contributed by atoms with Crippen LogP contribution in [0.25, 0.3) is 11.3 Å². The molecule has 2 aromatic carbocycles. The number of urea groups is 1. The Morgan fingerprint density at radius 3 is 1.95 bits per heavy atom. The monoisotopic (exact) mass is 523 g/mol. The van der Waals surface area contributed by atoms with Gasteiger partial charge in [-0.15, -0.1) is 10.2 Å². The van der Waals surface area contributed by atoms with Crippen LogP contribution in [0.4, 0.5) is 42.6 Å². The molecule has 1 saturated heterocycles. The second-order valence-electron chi connectivity index (χ2n) is 8.79. The van der Waals surface area contributed by atoms with Gasteiger partial charge in [-0.05, 0) is 49.7 Å². The fourth-order valence-corrected chi connectivity index (χ4v) is 4.11. The zero-order chi connectivity index (χ0) is 27.0. The molecule has 1 fully saturated rings. The first-order chi connectivity index (χ1) is 17.3. The molecule has 0 saturated carbocycles. The number of carbonyl (C=O) groups excluding carboxylic acids is 1. The van der Waals surface area contributed by atoms with Gasteiger partial charge in [-0.2, -0.15) is 26.3 Å². The summed E-state index contributed by atoms with van der Waals surface area (Å²) < 4.78 is 78.5. The molecule has 2 amide bonds. The second kappa shape index (κ2) is 9.91. The van der Waals surface area contributed by atoms with Gasteiger partial charge < -0.3 is 15.1 Å². The average Bonchev–Trinajstić information content (AvgIpc) is 2.83. The lowest BCUT2D eigenvalue weighted by Crippen LogP contribution is -2.50. The number of aryl methyl sites for hydroxylation is 2. The Kier molecular flexibility index (Phi) is 7.03. The zero-order valence-electron chi connectivity index (χ0n) is 19.9. The number of amides is 2. The van der Waals surface area contributed by atoms with Crippen molar-refractivity contribution in [1.29, 1.82) is 0 Å². The van der Waals surface area contributed by atoms with Crippen molar-refractivity contribution >= 4 is 17.5 Å². The van der Waals surface area contributed by atoms with Gasteiger partial charge in [-0.1, -0.05) is 23.8 Å². The summed E-state index contributed by atoms with van der Waals surface area (Å²) in [6.07, 6.45) is -10.00. The van der Waals surface area contributed by atoms with E-state index in [1.54, 1.807) is 0 Å². The van der Waals surface area contributed by atoms with E-state index in [2.05, 4.69) is 21.6 Å². The molecule has 0 radical (unpaired) electrons. The van der Waals surface area contributed by atoms with E-state index in [4.69, 9.17) is 0 Å². The number of rotatable bonds is 3. The quantitative estimate of drug-likeness (QED) is 0.419. The molecule has 196 valence electrons. The Morgan fingerprint density at radius 1 is 0.811 bits per heavy atom. The van der Waals surface area contributed by atoms with E-state index in [-0.39, 0.29) is 19.2 Å². The molecule has 1 aliphatic rings. The number of halogens is 6. The van der Waals surface area contributed by atoms with Gasteiger partial charge in [0.2, 0.25) is 0 Å². The van der Waals surface area contributed by atoms with Crippen molar-refractivity contribution in [2.75, 3.05) is 36.4 Å². The van der Waals surface area contributed by atoms with Crippen LogP contribution in [0.3, 0.4) is 0 Å². The number of nitrogens with one attached hydrogen (secondary N) is 1. The van der Waals surface area contributed by atoms with Crippen molar-refractivity contribution in [3.63, 3.8) is 0 Å². The summed E-state index contributed by atoms with van der Waals surface area (Å²) in [4.78, 5) is 15.8. The normalized spacial score (nSPS) is 14.6. The lowest BCUT2D eigenvalue weighted by Gasteiger charge is -2.35. The highest BCUT2D eigenvalue weighted by Gasteiger charge is 2.37. The number of alkyl halides is 6. The molecule has 37 heavy (non-hydrogen) atoms. The minimum atomic E-state index is -5.00. The first kappa shape index (κ1) is 26.2. The maximum absolute atomic E-state index is 13.1. The molecule has 12 heteroatoms. The molecule has 0 bridgehead atoms. The lowest BCUT2D eigenvalue weighted by atomic mass is 10.0. The third kappa shape index (κ3) is 6.12. The minimum Gasteiger partial charge on any atom is -0.352 e. The summed E-state index contributed by atoms with van der Waals surface area (Å²) in [5, 5.41) is 10.8. The maximum atomic E-state index is 13.1. The van der Waals surface area contributed by atoms with Gasteiger partial charge in [0, 0.05) is 37.4 Å². The van der Waals surface area contributed by atoms with Crippen molar-refractivity contribution in [1.82, 2.24) is 15.1 Å². The highest BCUT2D eigenvalue weighted by Crippen LogP contribution is 2.37. The Morgan fingerprint density at radius 2 is 1.43 bits per heavy atom. The SMILES string of the molecule is Cc1ccc(-c2ccc(N3CCN(C(=O)Nc4cc(C(F)(F)F)cc(C(F)(F)F)c4)CC3)nn2)c(C)c1. The van der Waals surface area contributed by atoms with Crippen LogP contribution in [0.1, 0.15) is 22.3 Å². The summed E-state index contributed by atoms with van der Waals surface area (Å²) in [6.45, 7) is 5.11. The van der Waals surface area contributed by atoms with E-state index in [0.717, 1.165) is 22.4 Å². The van der Waals surface area contributed by atoms with Gasteiger partial charge in [-0.25, -0.2) is 4.79 Å². The van der Waals surface area contributed by atoms with Crippen LogP contribution in [0.15, 0.2) is 48.5 Å². The molecule has 1 aliphatic heterocycles. The number of piperazine rings is 1. The van der Waals surface area contributed by atoms with Crippen molar-refractivity contribution in [2.24, 2.45) is 0 Å². The fourth-order valence-electron chi connectivity index (χ4n) is 4.11. The molecule has 1 aromatic heterocycles. The highest BCUT2D eigenvalue weighted by molar-refractivity contribution is 5.89. The minimum absolute atomic E-state index is 0.0148. The number of benzene rings is 2. The number of hydrogen-bond donors (Lipinski definition) is 1. The van der Waals surface area contributed by atoms with Crippen molar-refractivity contribution in [3.05, 3.63) is 70.8 Å². The summed E-state index contributed by atoms with van der Waals surface area (Å²) >= 11 is 0. The van der Waals surface area contributed by atoms with Crippen LogP contribution in [0.5, 0.6) is 0 Å². The third-order valence-electron chi connectivity index (χ3n) is 6.04. The van der Waals surface area contributed by atoms with E-state index < -0.39 is 35.2 Å². The molecular formula is C25H23F6N5O. The average molecular weight is 523 g/mol. The van der Waals surface area contributed by atoms with Crippen molar-refractivity contribution in [2.45, 2.75) is 26.2 Å². The molecule has 0 aliphatic carbocycles. The van der Waals surface area contributed by atoms with E-state index in [1.165, 1.54) is 4.90 Å². The highest BCUT2D eigenvalue weighted by atomic mass is 19.4. The van der Waals surface area contributed by atoms with Crippen LogP contribution >= 0.6 is 0 Å². The standard InChI is InChI=1S/C25H23F6N5O/c1-15-3-4-20(16(2)11-15)21-5-6-22(34-33-21)35-7-9-36(10-8-35)23(37)32-19-13-17(24(26,27)28)12-18(14-19)25(29,30)31/h3-6,11-14H,7-10H2,1-2H3,(H,32,37). The molecule has 0 unspecified atom stereocenters. The van der Waals surface area contributed by atoms with Crippen molar-refractivity contribution in [3.8, 4) is 11.3 Å². The molecule has 0 atom stereocenters. The van der Waals surface area contributed by atoms with Gasteiger partial charge >= 0.3 is 18.4 Å². The predicted octanol–water partition coefficient (Wildman–Crippen LogP) is 6.15. The zero-order valence-corrected chi connectivity index (χ0v) is 19.9. The summed E-state index contributed by atoms with van der Waals surface area (Å²) in [7, 11) is 0. The largest absolute Gasteiger partial charge is 0.416 e. The second-order valence-corrected chi connectivity index (χ2v) is 8.79. The Balaban J connectivity index is 1.40. The number of carbonyl (C=O) groups is 1. The van der Waals surface area contributed by atoms with Crippen LogP contribution in [-0.4, -0.2) is 47.3 Å². The predicted molar refractivity (Wildman–Crippen MR) is 126 cm³/mol. The molecule has 4 rings (SSSR count). The van der Waals surface area contributed by atoms with Crippen LogP contribution < -0.4 is 10.2 Å². The third-order valence-corrected chi connectivity index (χ3v) is 6.04. The number of hydrogen-bond acceptors (Lipinski definition) is 4. The van der Waals surface area contributed by atoms with Gasteiger partial charge in [-0.3, -0.25) is 0 Å². The van der Waals surface area contributed by atoms with E-state index in [0.29, 0.717) is 31.0 Å². The molecule has 0 spiro atoms. The lowest BCUT2D eigenvalue weighted by molar-refractivity contribution is -0.143. The molecule has 3 aromatic rings. The molecule has 6 nitrogen and oxygen atoms in total. The number of nitrogens with zero attached hydrogens (tertiary/aromatic N) is 4. The van der Waals surface area contributed by atoms with E-state index in [9.17, 15) is 31.1 Å². The Hall–Kier alpha value is -3.83. The molecule has 2 heterocycles. The Labute approximate surface area is 208 Å². The molecule has 1 N–H and O–H groups in total. The van der Waals surface area contributed by atoms with Crippen LogP contribution in [-0.2, 0) is 12.4 Å². The fraction of sp³-hybridized carbons (Fsp3) is 0.320. The first-order valence-electron chi connectivity index (χ1n) is 11.3. The first-order valence-corrected chi connectivity index (χ1v) is 11.3. The van der Waals surface area contributed by atoms with Gasteiger partial charge in [0.05, 0.1) is 16.8 Å².